The van der Waals surface area contributed by atoms with Gasteiger partial charge in [-0.1, -0.05) is 48.5 Å². The Balaban J connectivity index is 0.00000240. The number of para-hydroxylation sites is 1. The number of rotatable bonds is 6. The van der Waals surface area contributed by atoms with Crippen molar-refractivity contribution in [3.8, 4) is 0 Å². The maximum atomic E-state index is 4.48. The molecule has 0 bridgehead atoms. The lowest BCUT2D eigenvalue weighted by molar-refractivity contribution is 0.451. The molecule has 4 rings (SSSR count). The van der Waals surface area contributed by atoms with Gasteiger partial charge >= 0.3 is 0 Å². The summed E-state index contributed by atoms with van der Waals surface area (Å²) >= 11 is 0. The summed E-state index contributed by atoms with van der Waals surface area (Å²) in [7, 11) is 1.88. The monoisotopic (exact) mass is 504 g/mol. The molecule has 2 aromatic rings. The van der Waals surface area contributed by atoms with Gasteiger partial charge < -0.3 is 15.5 Å². The molecule has 0 aromatic heterocycles. The van der Waals surface area contributed by atoms with Crippen LogP contribution in [-0.2, 0) is 6.42 Å². The van der Waals surface area contributed by atoms with Crippen molar-refractivity contribution in [2.45, 2.75) is 38.1 Å². The molecule has 0 spiro atoms. The minimum Gasteiger partial charge on any atom is -0.371 e. The van der Waals surface area contributed by atoms with Crippen LogP contribution in [0, 0.1) is 5.41 Å². The molecule has 2 N–H and O–H groups in total. The van der Waals surface area contributed by atoms with Gasteiger partial charge in [0, 0.05) is 38.4 Å². The first kappa shape index (κ1) is 21.9. The van der Waals surface area contributed by atoms with E-state index in [0.717, 1.165) is 44.9 Å². The first-order valence-corrected chi connectivity index (χ1v) is 10.6. The van der Waals surface area contributed by atoms with Crippen LogP contribution >= 0.6 is 24.0 Å². The smallest absolute Gasteiger partial charge is 0.191 e. The lowest BCUT2D eigenvalue weighted by atomic mass is 9.96. The van der Waals surface area contributed by atoms with E-state index in [1.807, 2.05) is 7.05 Å². The fourth-order valence-corrected chi connectivity index (χ4v) is 4.20. The van der Waals surface area contributed by atoms with Crippen LogP contribution in [0.3, 0.4) is 0 Å². The average Bonchev–Trinajstić information content (AvgIpc) is 3.52. The molecule has 0 atom stereocenters. The Morgan fingerprint density at radius 1 is 1.00 bits per heavy atom. The number of halogens is 1. The Labute approximate surface area is 192 Å². The van der Waals surface area contributed by atoms with Crippen molar-refractivity contribution in [3.63, 3.8) is 0 Å². The molecular formula is C24H33IN4. The van der Waals surface area contributed by atoms with E-state index >= 15 is 0 Å². The van der Waals surface area contributed by atoms with Gasteiger partial charge in [-0.05, 0) is 55.2 Å². The summed E-state index contributed by atoms with van der Waals surface area (Å²) < 4.78 is 0. The molecule has 1 aliphatic carbocycles. The van der Waals surface area contributed by atoms with Gasteiger partial charge in [0.15, 0.2) is 5.96 Å². The number of hydrogen-bond donors (Lipinski definition) is 2. The van der Waals surface area contributed by atoms with Gasteiger partial charge in [0.25, 0.3) is 0 Å². The highest BCUT2D eigenvalue weighted by atomic mass is 127. The van der Waals surface area contributed by atoms with E-state index in [4.69, 9.17) is 0 Å². The van der Waals surface area contributed by atoms with Crippen LogP contribution in [0.1, 0.15) is 31.2 Å². The van der Waals surface area contributed by atoms with Gasteiger partial charge in [0.05, 0.1) is 0 Å². The van der Waals surface area contributed by atoms with Crippen LogP contribution in [0.25, 0.3) is 0 Å². The molecule has 0 radical (unpaired) electrons. The fourth-order valence-electron chi connectivity index (χ4n) is 4.20. The third kappa shape index (κ3) is 6.11. The van der Waals surface area contributed by atoms with Gasteiger partial charge in [-0.2, -0.15) is 0 Å². The molecule has 2 aliphatic rings. The minimum absolute atomic E-state index is 0. The van der Waals surface area contributed by atoms with Gasteiger partial charge in [-0.25, -0.2) is 0 Å². The van der Waals surface area contributed by atoms with E-state index in [1.54, 1.807) is 0 Å². The largest absolute Gasteiger partial charge is 0.371 e. The molecule has 2 aromatic carbocycles. The number of anilines is 1. The Morgan fingerprint density at radius 2 is 1.62 bits per heavy atom. The number of nitrogens with zero attached hydrogens (tertiary/aromatic N) is 2. The van der Waals surface area contributed by atoms with Crippen LogP contribution in [-0.4, -0.2) is 38.7 Å². The molecule has 1 heterocycles. The predicted molar refractivity (Wildman–Crippen MR) is 133 cm³/mol. The van der Waals surface area contributed by atoms with Gasteiger partial charge in [-0.3, -0.25) is 4.99 Å². The van der Waals surface area contributed by atoms with Gasteiger partial charge in [0.1, 0.15) is 0 Å². The SMILES string of the molecule is CN=C(NCC1(Cc2ccccc2)CC1)NC1CCN(c2ccccc2)CC1.I. The van der Waals surface area contributed by atoms with Crippen molar-refractivity contribution in [3.05, 3.63) is 66.2 Å². The van der Waals surface area contributed by atoms with E-state index in [1.165, 1.54) is 24.1 Å². The minimum atomic E-state index is 0. The van der Waals surface area contributed by atoms with Crippen LogP contribution in [0.2, 0.25) is 0 Å². The fraction of sp³-hybridized carbons (Fsp3) is 0.458. The maximum absolute atomic E-state index is 4.48. The second-order valence-electron chi connectivity index (χ2n) is 8.33. The van der Waals surface area contributed by atoms with E-state index in [9.17, 15) is 0 Å². The zero-order chi connectivity index (χ0) is 19.2. The number of benzene rings is 2. The zero-order valence-corrected chi connectivity index (χ0v) is 19.6. The highest BCUT2D eigenvalue weighted by Crippen LogP contribution is 2.47. The number of guanidine groups is 1. The van der Waals surface area contributed by atoms with Crippen LogP contribution in [0.15, 0.2) is 65.7 Å². The normalized spacial score (nSPS) is 18.7. The molecule has 4 nitrogen and oxygen atoms in total. The van der Waals surface area contributed by atoms with E-state index < -0.39 is 0 Å². The summed E-state index contributed by atoms with van der Waals surface area (Å²) in [6, 6.07) is 22.1. The summed E-state index contributed by atoms with van der Waals surface area (Å²) in [6.45, 7) is 3.19. The molecule has 0 unspecified atom stereocenters. The average molecular weight is 504 g/mol. The van der Waals surface area contributed by atoms with Crippen LogP contribution in [0.4, 0.5) is 5.69 Å². The second kappa shape index (κ2) is 10.3. The molecule has 1 aliphatic heterocycles. The van der Waals surface area contributed by atoms with E-state index in [2.05, 4.69) is 81.2 Å². The van der Waals surface area contributed by atoms with Crippen molar-refractivity contribution < 1.29 is 0 Å². The molecule has 0 amide bonds. The summed E-state index contributed by atoms with van der Waals surface area (Å²) in [5, 5.41) is 7.26. The Bertz CT molecular complexity index is 766. The van der Waals surface area contributed by atoms with E-state index in [0.29, 0.717) is 11.5 Å². The topological polar surface area (TPSA) is 39.7 Å². The standard InChI is InChI=1S/C24H32N4.HI/c1-25-23(26-19-24(14-15-24)18-20-8-4-2-5-9-20)27-21-12-16-28(17-13-21)22-10-6-3-7-11-22;/h2-11,21H,12-19H2,1H3,(H2,25,26,27);1H. The van der Waals surface area contributed by atoms with Gasteiger partial charge in [-0.15, -0.1) is 24.0 Å². The molecule has 5 heteroatoms. The molecule has 2 fully saturated rings. The van der Waals surface area contributed by atoms with Crippen molar-refractivity contribution >= 4 is 35.6 Å². The number of nitrogens with one attached hydrogen (secondary N) is 2. The summed E-state index contributed by atoms with van der Waals surface area (Å²) in [6.07, 6.45) is 6.06. The quantitative estimate of drug-likeness (QED) is 0.347. The molecule has 1 saturated heterocycles. The van der Waals surface area contributed by atoms with Crippen molar-refractivity contribution in [1.29, 1.82) is 0 Å². The van der Waals surface area contributed by atoms with Crippen LogP contribution < -0.4 is 15.5 Å². The van der Waals surface area contributed by atoms with Gasteiger partial charge in [0.2, 0.25) is 0 Å². The molecular weight excluding hydrogens is 471 g/mol. The molecule has 156 valence electrons. The second-order valence-corrected chi connectivity index (χ2v) is 8.33. The first-order chi connectivity index (χ1) is 13.8. The molecule has 1 saturated carbocycles. The summed E-state index contributed by atoms with van der Waals surface area (Å²) in [4.78, 5) is 6.96. The van der Waals surface area contributed by atoms with Crippen molar-refractivity contribution in [2.24, 2.45) is 10.4 Å². The Hall–Kier alpha value is -1.76. The lowest BCUT2D eigenvalue weighted by Gasteiger charge is -2.34. The predicted octanol–water partition coefficient (Wildman–Crippen LogP) is 4.46. The zero-order valence-electron chi connectivity index (χ0n) is 17.3. The van der Waals surface area contributed by atoms with Crippen molar-refractivity contribution in [1.82, 2.24) is 10.6 Å². The van der Waals surface area contributed by atoms with E-state index in [-0.39, 0.29) is 24.0 Å². The Morgan fingerprint density at radius 3 is 2.21 bits per heavy atom. The van der Waals surface area contributed by atoms with Crippen molar-refractivity contribution in [2.75, 3.05) is 31.6 Å². The molecule has 29 heavy (non-hydrogen) atoms. The summed E-state index contributed by atoms with van der Waals surface area (Å²) in [5.41, 5.74) is 3.19. The number of aliphatic imine (C=N–C) groups is 1. The first-order valence-electron chi connectivity index (χ1n) is 10.6. The third-order valence-corrected chi connectivity index (χ3v) is 6.19. The van der Waals surface area contributed by atoms with Crippen LogP contribution in [0.5, 0.6) is 0 Å². The Kier molecular flexibility index (Phi) is 7.81. The third-order valence-electron chi connectivity index (χ3n) is 6.19. The maximum Gasteiger partial charge on any atom is 0.191 e. The number of hydrogen-bond acceptors (Lipinski definition) is 2. The number of piperidine rings is 1. The lowest BCUT2D eigenvalue weighted by Crippen LogP contribution is -2.49. The highest BCUT2D eigenvalue weighted by molar-refractivity contribution is 14.0. The summed E-state index contributed by atoms with van der Waals surface area (Å²) in [5.74, 6) is 0.956. The highest BCUT2D eigenvalue weighted by Gasteiger charge is 2.42.